The van der Waals surface area contributed by atoms with Crippen LogP contribution in [0.1, 0.15) is 42.5 Å². The summed E-state index contributed by atoms with van der Waals surface area (Å²) in [7, 11) is 1.64. The Morgan fingerprint density at radius 2 is 1.73 bits per heavy atom. The molecule has 3 aliphatic rings. The van der Waals surface area contributed by atoms with Crippen LogP contribution < -0.4 is 4.74 Å². The minimum absolute atomic E-state index is 0. The molecule has 2 bridgehead atoms. The van der Waals surface area contributed by atoms with Gasteiger partial charge in [0.2, 0.25) is 5.89 Å². The standard InChI is InChI=1S/C21H18N2O3.C5H8O.ClH/c1-24-20(15-8-3-2-4-9-15)21-23-19-17(11-7-12-18(19)26-21)25-14-16-10-5-6-13-22-16;1-2-5-3-4(1)6-5;/h2-13,20H,14H2,1H3;4-5H,1-3H2;1H. The summed E-state index contributed by atoms with van der Waals surface area (Å²) in [6.07, 6.45) is 6.79. The van der Waals surface area contributed by atoms with E-state index in [9.17, 15) is 0 Å². The predicted octanol–water partition coefficient (Wildman–Crippen LogP) is 5.90. The summed E-state index contributed by atoms with van der Waals surface area (Å²) in [6, 6.07) is 21.2. The summed E-state index contributed by atoms with van der Waals surface area (Å²) in [5.41, 5.74) is 3.18. The van der Waals surface area contributed by atoms with Crippen molar-refractivity contribution >= 4 is 23.5 Å². The number of halogens is 1. The highest BCUT2D eigenvalue weighted by atomic mass is 35.5. The Labute approximate surface area is 199 Å². The van der Waals surface area contributed by atoms with Gasteiger partial charge in [-0.05, 0) is 49.1 Å². The van der Waals surface area contributed by atoms with Crippen molar-refractivity contribution < 1.29 is 18.6 Å². The van der Waals surface area contributed by atoms with Crippen molar-refractivity contribution in [1.29, 1.82) is 0 Å². The van der Waals surface area contributed by atoms with Gasteiger partial charge in [-0.3, -0.25) is 4.98 Å². The van der Waals surface area contributed by atoms with Crippen molar-refractivity contribution in [3.63, 3.8) is 0 Å². The smallest absolute Gasteiger partial charge is 0.229 e. The predicted molar refractivity (Wildman–Crippen MR) is 128 cm³/mol. The van der Waals surface area contributed by atoms with Crippen LogP contribution in [0.15, 0.2) is 77.3 Å². The molecule has 33 heavy (non-hydrogen) atoms. The molecule has 3 fully saturated rings. The maximum Gasteiger partial charge on any atom is 0.229 e. The van der Waals surface area contributed by atoms with Crippen LogP contribution in [0.5, 0.6) is 5.75 Å². The van der Waals surface area contributed by atoms with E-state index in [0.717, 1.165) is 11.3 Å². The Hall–Kier alpha value is -2.93. The van der Waals surface area contributed by atoms with Crippen LogP contribution in [0.4, 0.5) is 0 Å². The van der Waals surface area contributed by atoms with Crippen LogP contribution in [0.25, 0.3) is 11.1 Å². The molecular formula is C26H27ClN2O4. The summed E-state index contributed by atoms with van der Waals surface area (Å²) in [4.78, 5) is 8.91. The van der Waals surface area contributed by atoms with Gasteiger partial charge in [-0.25, -0.2) is 4.98 Å². The van der Waals surface area contributed by atoms with E-state index < -0.39 is 0 Å². The fourth-order valence-electron chi connectivity index (χ4n) is 4.11. The second-order valence-corrected chi connectivity index (χ2v) is 7.98. The Balaban J connectivity index is 0.000000317. The highest BCUT2D eigenvalue weighted by Crippen LogP contribution is 2.36. The normalized spacial score (nSPS) is 19.1. The van der Waals surface area contributed by atoms with Crippen molar-refractivity contribution in [2.75, 3.05) is 7.11 Å². The molecule has 6 nitrogen and oxygen atoms in total. The molecule has 1 aliphatic carbocycles. The number of pyridine rings is 1. The van der Waals surface area contributed by atoms with Gasteiger partial charge in [-0.15, -0.1) is 12.4 Å². The third kappa shape index (κ3) is 5.36. The molecule has 3 atom stereocenters. The molecule has 7 rings (SSSR count). The Kier molecular flexibility index (Phi) is 7.60. The molecule has 7 heteroatoms. The Bertz CT molecular complexity index is 1130. The van der Waals surface area contributed by atoms with Gasteiger partial charge in [0.25, 0.3) is 0 Å². The van der Waals surface area contributed by atoms with Gasteiger partial charge >= 0.3 is 0 Å². The number of para-hydroxylation sites is 1. The third-order valence-electron chi connectivity index (χ3n) is 5.78. The van der Waals surface area contributed by atoms with Crippen LogP contribution >= 0.6 is 12.4 Å². The summed E-state index contributed by atoms with van der Waals surface area (Å²) in [5.74, 6) is 1.16. The minimum atomic E-state index is -0.368. The van der Waals surface area contributed by atoms with Crippen molar-refractivity contribution in [3.05, 3.63) is 90.1 Å². The Morgan fingerprint density at radius 3 is 2.36 bits per heavy atom. The zero-order valence-electron chi connectivity index (χ0n) is 18.4. The number of ether oxygens (including phenoxy) is 3. The maximum atomic E-state index is 5.94. The first-order valence-corrected chi connectivity index (χ1v) is 11.0. The molecule has 0 spiro atoms. The highest BCUT2D eigenvalue weighted by Gasteiger charge is 2.36. The molecule has 2 aromatic carbocycles. The van der Waals surface area contributed by atoms with E-state index in [1.54, 1.807) is 13.3 Å². The average molecular weight is 467 g/mol. The molecule has 3 unspecified atom stereocenters. The van der Waals surface area contributed by atoms with E-state index in [1.165, 1.54) is 19.3 Å². The quantitative estimate of drug-likeness (QED) is 0.352. The van der Waals surface area contributed by atoms with Gasteiger partial charge in [-0.1, -0.05) is 42.5 Å². The lowest BCUT2D eigenvalue weighted by atomic mass is 10.1. The van der Waals surface area contributed by atoms with E-state index >= 15 is 0 Å². The summed E-state index contributed by atoms with van der Waals surface area (Å²) in [5, 5.41) is 0. The molecule has 4 heterocycles. The van der Waals surface area contributed by atoms with Gasteiger partial charge in [0.15, 0.2) is 17.2 Å². The molecule has 2 aromatic heterocycles. The van der Waals surface area contributed by atoms with Crippen molar-refractivity contribution in [2.45, 2.75) is 44.2 Å². The molecule has 1 saturated carbocycles. The van der Waals surface area contributed by atoms with Crippen molar-refractivity contribution in [1.82, 2.24) is 9.97 Å². The molecule has 172 valence electrons. The summed E-state index contributed by atoms with van der Waals surface area (Å²) >= 11 is 0. The van der Waals surface area contributed by atoms with Gasteiger partial charge in [-0.2, -0.15) is 0 Å². The average Bonchev–Trinajstić information content (AvgIpc) is 3.57. The number of benzene rings is 2. The van der Waals surface area contributed by atoms with Crippen molar-refractivity contribution in [3.8, 4) is 5.75 Å². The SMILES string of the molecule is C1CC2CC1O2.COC(c1ccccc1)c1nc2c(OCc3ccccn3)cccc2o1.Cl. The van der Waals surface area contributed by atoms with Gasteiger partial charge < -0.3 is 18.6 Å². The number of aromatic nitrogens is 2. The fourth-order valence-corrected chi connectivity index (χ4v) is 4.11. The van der Waals surface area contributed by atoms with E-state index in [1.807, 2.05) is 66.7 Å². The molecule has 0 amide bonds. The lowest BCUT2D eigenvalue weighted by molar-refractivity contribution is -0.0647. The molecule has 2 saturated heterocycles. The Morgan fingerprint density at radius 1 is 0.970 bits per heavy atom. The number of hydrogen-bond donors (Lipinski definition) is 0. The molecule has 2 aliphatic heterocycles. The summed E-state index contributed by atoms with van der Waals surface area (Å²) < 4.78 is 22.7. The zero-order chi connectivity index (χ0) is 21.8. The van der Waals surface area contributed by atoms with Crippen LogP contribution in [0.3, 0.4) is 0 Å². The van der Waals surface area contributed by atoms with E-state index in [0.29, 0.717) is 41.6 Å². The molecular weight excluding hydrogens is 440 g/mol. The number of methoxy groups -OCH3 is 1. The number of hydrogen-bond acceptors (Lipinski definition) is 6. The highest BCUT2D eigenvalue weighted by molar-refractivity contribution is 5.85. The van der Waals surface area contributed by atoms with Crippen LogP contribution in [-0.4, -0.2) is 29.3 Å². The summed E-state index contributed by atoms with van der Waals surface area (Å²) in [6.45, 7) is 0.370. The fraction of sp³-hybridized carbons (Fsp3) is 0.308. The number of rotatable bonds is 6. The molecule has 0 N–H and O–H groups in total. The zero-order valence-corrected chi connectivity index (χ0v) is 19.2. The number of nitrogens with zero attached hydrogens (tertiary/aromatic N) is 2. The topological polar surface area (TPSA) is 66.6 Å². The largest absolute Gasteiger partial charge is 0.485 e. The number of oxazole rings is 1. The first kappa shape index (κ1) is 23.2. The van der Waals surface area contributed by atoms with Crippen LogP contribution in [-0.2, 0) is 16.1 Å². The lowest BCUT2D eigenvalue weighted by Crippen LogP contribution is -2.25. The van der Waals surface area contributed by atoms with Crippen molar-refractivity contribution in [2.24, 2.45) is 0 Å². The lowest BCUT2D eigenvalue weighted by Gasteiger charge is -2.23. The monoisotopic (exact) mass is 466 g/mol. The molecule has 0 radical (unpaired) electrons. The van der Waals surface area contributed by atoms with Crippen LogP contribution in [0, 0.1) is 0 Å². The number of fused-ring (bicyclic) bond motifs is 2. The van der Waals surface area contributed by atoms with E-state index in [4.69, 9.17) is 18.6 Å². The van der Waals surface area contributed by atoms with Gasteiger partial charge in [0, 0.05) is 13.3 Å². The van der Waals surface area contributed by atoms with Gasteiger partial charge in [0.05, 0.1) is 17.9 Å². The van der Waals surface area contributed by atoms with Crippen LogP contribution in [0.2, 0.25) is 0 Å². The van der Waals surface area contributed by atoms with E-state index in [-0.39, 0.29) is 18.5 Å². The third-order valence-corrected chi connectivity index (χ3v) is 5.78. The first-order chi connectivity index (χ1) is 15.8. The first-order valence-electron chi connectivity index (χ1n) is 11.0. The maximum absolute atomic E-state index is 5.94. The van der Waals surface area contributed by atoms with E-state index in [2.05, 4.69) is 9.97 Å². The molecule has 4 aromatic rings. The second-order valence-electron chi connectivity index (χ2n) is 7.98. The van der Waals surface area contributed by atoms with Gasteiger partial charge in [0.1, 0.15) is 12.4 Å². The second kappa shape index (κ2) is 10.8. The minimum Gasteiger partial charge on any atom is -0.485 e.